The lowest BCUT2D eigenvalue weighted by molar-refractivity contribution is -0.114. The number of rotatable bonds is 4. The summed E-state index contributed by atoms with van der Waals surface area (Å²) in [6, 6.07) is 12.8. The molecule has 0 saturated heterocycles. The van der Waals surface area contributed by atoms with Gasteiger partial charge in [-0.1, -0.05) is 12.1 Å². The summed E-state index contributed by atoms with van der Waals surface area (Å²) in [4.78, 5) is 26.8. The molecule has 24 heavy (non-hydrogen) atoms. The number of anilines is 1. The van der Waals surface area contributed by atoms with E-state index in [1.54, 1.807) is 17.6 Å². The van der Waals surface area contributed by atoms with Crippen molar-refractivity contribution < 1.29 is 14.8 Å². The number of carbonyl (C=O) groups is 2. The van der Waals surface area contributed by atoms with Crippen LogP contribution in [0.4, 0.5) is 5.69 Å². The molecule has 0 aliphatic rings. The Balaban J connectivity index is 1.86. The van der Waals surface area contributed by atoms with Gasteiger partial charge in [-0.3, -0.25) is 14.8 Å². The van der Waals surface area contributed by atoms with Gasteiger partial charge in [0.1, 0.15) is 11.3 Å². The molecule has 0 radical (unpaired) electrons. The van der Waals surface area contributed by atoms with Crippen LogP contribution in [0.2, 0.25) is 0 Å². The normalized spacial score (nSPS) is 10.6. The number of nitrogens with zero attached hydrogens (tertiary/aromatic N) is 2. The number of hydroxylamine groups is 1. The van der Waals surface area contributed by atoms with Gasteiger partial charge in [0.05, 0.1) is 0 Å². The molecule has 3 N–H and O–H groups in total. The van der Waals surface area contributed by atoms with Gasteiger partial charge in [0, 0.05) is 30.7 Å². The Bertz CT molecular complexity index is 900. The van der Waals surface area contributed by atoms with Crippen LogP contribution in [0.15, 0.2) is 48.7 Å². The smallest absolute Gasteiger partial charge is 0.293 e. The van der Waals surface area contributed by atoms with Gasteiger partial charge in [0.15, 0.2) is 0 Å². The van der Waals surface area contributed by atoms with Crippen LogP contribution in [-0.2, 0) is 11.3 Å². The van der Waals surface area contributed by atoms with Gasteiger partial charge in [0.25, 0.3) is 5.91 Å². The Morgan fingerprint density at radius 2 is 1.88 bits per heavy atom. The molecule has 1 aromatic carbocycles. The van der Waals surface area contributed by atoms with E-state index in [2.05, 4.69) is 10.3 Å². The van der Waals surface area contributed by atoms with Crippen LogP contribution in [0.3, 0.4) is 0 Å². The second kappa shape index (κ2) is 6.51. The zero-order valence-corrected chi connectivity index (χ0v) is 13.0. The summed E-state index contributed by atoms with van der Waals surface area (Å²) >= 11 is 0. The number of aromatic nitrogens is 2. The topological polar surface area (TPSA) is 96.2 Å². The van der Waals surface area contributed by atoms with Crippen LogP contribution in [-0.4, -0.2) is 26.6 Å². The quantitative estimate of drug-likeness (QED) is 0.506. The van der Waals surface area contributed by atoms with Crippen molar-refractivity contribution in [3.05, 3.63) is 59.9 Å². The fourth-order valence-electron chi connectivity index (χ4n) is 2.46. The van der Waals surface area contributed by atoms with Crippen molar-refractivity contribution in [2.75, 3.05) is 5.32 Å². The molecule has 0 bridgehead atoms. The van der Waals surface area contributed by atoms with Gasteiger partial charge in [-0.05, 0) is 35.9 Å². The van der Waals surface area contributed by atoms with Crippen molar-refractivity contribution in [3.63, 3.8) is 0 Å². The largest absolute Gasteiger partial charge is 0.328 e. The maximum absolute atomic E-state index is 11.5. The van der Waals surface area contributed by atoms with E-state index in [0.717, 1.165) is 16.6 Å². The molecule has 3 aromatic rings. The van der Waals surface area contributed by atoms with Crippen molar-refractivity contribution >= 4 is 28.5 Å². The summed E-state index contributed by atoms with van der Waals surface area (Å²) in [5.74, 6) is -0.762. The molecule has 122 valence electrons. The highest BCUT2D eigenvalue weighted by Crippen LogP contribution is 2.17. The van der Waals surface area contributed by atoms with Gasteiger partial charge >= 0.3 is 0 Å². The molecule has 0 fully saturated rings. The summed E-state index contributed by atoms with van der Waals surface area (Å²) < 4.78 is 1.91. The van der Waals surface area contributed by atoms with E-state index >= 15 is 0 Å². The Hall–Kier alpha value is -3.19. The summed E-state index contributed by atoms with van der Waals surface area (Å²) in [6.07, 6.45) is 1.89. The van der Waals surface area contributed by atoms with E-state index < -0.39 is 5.91 Å². The number of pyridine rings is 1. The molecular formula is C17H16N4O3. The number of benzene rings is 1. The molecule has 2 aromatic heterocycles. The van der Waals surface area contributed by atoms with E-state index in [0.29, 0.717) is 12.2 Å². The highest BCUT2D eigenvalue weighted by molar-refractivity contribution is 5.93. The predicted octanol–water partition coefficient (Wildman–Crippen LogP) is 2.16. The second-order valence-corrected chi connectivity index (χ2v) is 5.37. The van der Waals surface area contributed by atoms with E-state index in [1.807, 2.05) is 41.1 Å². The minimum absolute atomic E-state index is 0.113. The molecule has 7 nitrogen and oxygen atoms in total. The van der Waals surface area contributed by atoms with Crippen molar-refractivity contribution in [3.8, 4) is 0 Å². The number of carbonyl (C=O) groups excluding carboxylic acids is 2. The van der Waals surface area contributed by atoms with Gasteiger partial charge in [0.2, 0.25) is 5.91 Å². The van der Waals surface area contributed by atoms with Crippen molar-refractivity contribution in [1.82, 2.24) is 15.0 Å². The minimum atomic E-state index is -0.649. The number of nitrogens with one attached hydrogen (secondary N) is 2. The average Bonchev–Trinajstić information content (AvgIpc) is 2.97. The third kappa shape index (κ3) is 3.26. The molecule has 2 heterocycles. The van der Waals surface area contributed by atoms with Gasteiger partial charge in [-0.2, -0.15) is 0 Å². The lowest BCUT2D eigenvalue weighted by Gasteiger charge is -2.07. The van der Waals surface area contributed by atoms with E-state index in [4.69, 9.17) is 5.21 Å². The Kier molecular flexibility index (Phi) is 4.26. The van der Waals surface area contributed by atoms with Gasteiger partial charge in [-0.25, -0.2) is 10.5 Å². The fourth-order valence-corrected chi connectivity index (χ4v) is 2.46. The maximum atomic E-state index is 11.5. The SMILES string of the molecule is CC(=O)Nc1ccc(Cn2ccc3ccc(C(=O)NO)nc32)cc1. The predicted molar refractivity (Wildman–Crippen MR) is 88.8 cm³/mol. The van der Waals surface area contributed by atoms with Crippen LogP contribution in [0, 0.1) is 0 Å². The van der Waals surface area contributed by atoms with Crippen LogP contribution >= 0.6 is 0 Å². The molecule has 0 spiro atoms. The standard InChI is InChI=1S/C17H16N4O3/c1-11(22)18-14-5-2-12(3-6-14)10-21-9-8-13-4-7-15(17(23)20-24)19-16(13)21/h2-9,24H,10H2,1H3,(H,18,22)(H,20,23). The lowest BCUT2D eigenvalue weighted by Crippen LogP contribution is -2.20. The third-order valence-corrected chi connectivity index (χ3v) is 3.57. The lowest BCUT2D eigenvalue weighted by atomic mass is 10.2. The van der Waals surface area contributed by atoms with Gasteiger partial charge in [-0.15, -0.1) is 0 Å². The van der Waals surface area contributed by atoms with Gasteiger partial charge < -0.3 is 9.88 Å². The van der Waals surface area contributed by atoms with E-state index in [9.17, 15) is 9.59 Å². The molecule has 0 aliphatic carbocycles. The zero-order chi connectivity index (χ0) is 17.1. The highest BCUT2D eigenvalue weighted by Gasteiger charge is 2.10. The van der Waals surface area contributed by atoms with Crippen LogP contribution in [0.25, 0.3) is 11.0 Å². The molecule has 0 atom stereocenters. The molecule has 2 amide bonds. The van der Waals surface area contributed by atoms with Crippen LogP contribution in [0.1, 0.15) is 23.0 Å². The first-order chi connectivity index (χ1) is 11.6. The molecular weight excluding hydrogens is 308 g/mol. The number of hydrogen-bond donors (Lipinski definition) is 3. The van der Waals surface area contributed by atoms with Crippen LogP contribution < -0.4 is 10.8 Å². The average molecular weight is 324 g/mol. The first-order valence-corrected chi connectivity index (χ1v) is 7.33. The van der Waals surface area contributed by atoms with E-state index in [1.165, 1.54) is 6.92 Å². The first-order valence-electron chi connectivity index (χ1n) is 7.33. The summed E-state index contributed by atoms with van der Waals surface area (Å²) in [5.41, 5.74) is 4.15. The van der Waals surface area contributed by atoms with Crippen LogP contribution in [0.5, 0.6) is 0 Å². The summed E-state index contributed by atoms with van der Waals surface area (Å²) in [6.45, 7) is 2.03. The molecule has 3 rings (SSSR count). The number of amides is 2. The fraction of sp³-hybridized carbons (Fsp3) is 0.118. The summed E-state index contributed by atoms with van der Waals surface area (Å²) in [7, 11) is 0. The minimum Gasteiger partial charge on any atom is -0.328 e. The zero-order valence-electron chi connectivity index (χ0n) is 13.0. The third-order valence-electron chi connectivity index (χ3n) is 3.57. The molecule has 0 aliphatic heterocycles. The second-order valence-electron chi connectivity index (χ2n) is 5.37. The maximum Gasteiger partial charge on any atom is 0.293 e. The monoisotopic (exact) mass is 324 g/mol. The van der Waals surface area contributed by atoms with Crippen molar-refractivity contribution in [2.45, 2.75) is 13.5 Å². The number of hydrogen-bond acceptors (Lipinski definition) is 4. The molecule has 0 unspecified atom stereocenters. The highest BCUT2D eigenvalue weighted by atomic mass is 16.5. The Morgan fingerprint density at radius 1 is 1.12 bits per heavy atom. The summed E-state index contributed by atoms with van der Waals surface area (Å²) in [5, 5.41) is 12.4. The molecule has 7 heteroatoms. The Morgan fingerprint density at radius 3 is 2.54 bits per heavy atom. The first kappa shape index (κ1) is 15.7. The Labute approximate surface area is 137 Å². The number of fused-ring (bicyclic) bond motifs is 1. The van der Waals surface area contributed by atoms with E-state index in [-0.39, 0.29) is 11.6 Å². The molecule has 0 saturated carbocycles. The van der Waals surface area contributed by atoms with Crippen molar-refractivity contribution in [2.24, 2.45) is 0 Å². The van der Waals surface area contributed by atoms with Crippen molar-refractivity contribution in [1.29, 1.82) is 0 Å².